The Morgan fingerprint density at radius 1 is 0.543 bits per heavy atom. The van der Waals surface area contributed by atoms with Crippen LogP contribution >= 0.6 is 11.3 Å². The molecule has 0 unspecified atom stereocenters. The maximum Gasteiger partial charge on any atom is 0.488 e. The molecule has 3 nitrogen and oxygen atoms in total. The van der Waals surface area contributed by atoms with Crippen LogP contribution in [0, 0.1) is 0 Å². The Morgan fingerprint density at radius 3 is 2.03 bits per heavy atom. The molecule has 0 radical (unpaired) electrons. The van der Waals surface area contributed by atoms with E-state index in [0.717, 1.165) is 15.8 Å². The second-order valence-corrected chi connectivity index (χ2v) is 9.95. The normalized spacial score (nSPS) is 11.7. The molecular formula is C30H20BNO2S. The van der Waals surface area contributed by atoms with Crippen LogP contribution in [0.1, 0.15) is 0 Å². The molecule has 35 heavy (non-hydrogen) atoms. The van der Waals surface area contributed by atoms with Crippen molar-refractivity contribution in [3.8, 4) is 16.8 Å². The maximum atomic E-state index is 9.55. The first kappa shape index (κ1) is 20.5. The number of nitrogens with zero attached hydrogens (tertiary/aromatic N) is 1. The van der Waals surface area contributed by atoms with Gasteiger partial charge in [0.05, 0.1) is 11.0 Å². The molecular weight excluding hydrogens is 449 g/mol. The first-order chi connectivity index (χ1) is 17.2. The van der Waals surface area contributed by atoms with Crippen molar-refractivity contribution in [3.05, 3.63) is 109 Å². The first-order valence-corrected chi connectivity index (χ1v) is 12.4. The summed E-state index contributed by atoms with van der Waals surface area (Å²) in [6, 6.07) is 38.0. The smallest absolute Gasteiger partial charge is 0.423 e. The van der Waals surface area contributed by atoms with E-state index in [1.54, 1.807) is 17.4 Å². The lowest BCUT2D eigenvalue weighted by atomic mass is 9.80. The van der Waals surface area contributed by atoms with Crippen molar-refractivity contribution in [3.63, 3.8) is 0 Å². The van der Waals surface area contributed by atoms with Gasteiger partial charge in [0.2, 0.25) is 0 Å². The zero-order valence-corrected chi connectivity index (χ0v) is 19.5. The standard InChI is InChI=1S/C30H20BNO2S/c33-31(34)21-12-14-25-24-13-10-20(17-29(24)35-30(25)18-21)19-11-15-28-26(16-19)23-8-4-5-9-27(23)32(28)22-6-2-1-3-7-22/h1-18,33-34H. The Balaban J connectivity index is 1.42. The highest BCUT2D eigenvalue weighted by Gasteiger charge is 2.15. The molecule has 0 saturated carbocycles. The summed E-state index contributed by atoms with van der Waals surface area (Å²) in [6.07, 6.45) is 0. The van der Waals surface area contributed by atoms with E-state index in [9.17, 15) is 10.0 Å². The highest BCUT2D eigenvalue weighted by Crippen LogP contribution is 2.38. The van der Waals surface area contributed by atoms with Crippen LogP contribution in [0.5, 0.6) is 0 Å². The van der Waals surface area contributed by atoms with E-state index in [-0.39, 0.29) is 0 Å². The van der Waals surface area contributed by atoms with Crippen LogP contribution < -0.4 is 5.46 Å². The molecule has 0 amide bonds. The maximum absolute atomic E-state index is 9.55. The van der Waals surface area contributed by atoms with Crippen LogP contribution in [0.25, 0.3) is 58.8 Å². The Hall–Kier alpha value is -3.90. The summed E-state index contributed by atoms with van der Waals surface area (Å²) in [4.78, 5) is 0. The summed E-state index contributed by atoms with van der Waals surface area (Å²) in [7, 11) is -1.45. The van der Waals surface area contributed by atoms with Crippen molar-refractivity contribution >= 4 is 65.9 Å². The fourth-order valence-corrected chi connectivity index (χ4v) is 6.34. The lowest BCUT2D eigenvalue weighted by molar-refractivity contribution is 0.426. The van der Waals surface area contributed by atoms with Crippen LogP contribution in [-0.2, 0) is 0 Å². The molecule has 0 aliphatic heterocycles. The number of hydrogen-bond donors (Lipinski definition) is 2. The fourth-order valence-electron chi connectivity index (χ4n) is 5.14. The van der Waals surface area contributed by atoms with Crippen LogP contribution in [0.3, 0.4) is 0 Å². The van der Waals surface area contributed by atoms with Gasteiger partial charge >= 0.3 is 7.12 Å². The molecule has 7 rings (SSSR count). The van der Waals surface area contributed by atoms with Crippen molar-refractivity contribution in [2.24, 2.45) is 0 Å². The summed E-state index contributed by atoms with van der Waals surface area (Å²) in [6.45, 7) is 0. The van der Waals surface area contributed by atoms with E-state index >= 15 is 0 Å². The summed E-state index contributed by atoms with van der Waals surface area (Å²) >= 11 is 1.68. The Kier molecular flexibility index (Phi) is 4.58. The molecule has 5 aromatic carbocycles. The number of fused-ring (bicyclic) bond motifs is 6. The topological polar surface area (TPSA) is 45.4 Å². The van der Waals surface area contributed by atoms with Crippen LogP contribution in [0.4, 0.5) is 0 Å². The van der Waals surface area contributed by atoms with Gasteiger partial charge in [0.1, 0.15) is 0 Å². The van der Waals surface area contributed by atoms with E-state index in [1.807, 2.05) is 18.2 Å². The zero-order chi connectivity index (χ0) is 23.5. The summed E-state index contributed by atoms with van der Waals surface area (Å²) in [5.74, 6) is 0. The largest absolute Gasteiger partial charge is 0.488 e. The molecule has 7 aromatic rings. The monoisotopic (exact) mass is 469 g/mol. The third kappa shape index (κ3) is 3.21. The minimum Gasteiger partial charge on any atom is -0.423 e. The highest BCUT2D eigenvalue weighted by molar-refractivity contribution is 7.25. The van der Waals surface area contributed by atoms with E-state index in [1.165, 1.54) is 43.0 Å². The molecule has 2 N–H and O–H groups in total. The van der Waals surface area contributed by atoms with Crippen molar-refractivity contribution in [2.45, 2.75) is 0 Å². The van der Waals surface area contributed by atoms with Gasteiger partial charge in [-0.25, -0.2) is 0 Å². The van der Waals surface area contributed by atoms with Gasteiger partial charge in [0.15, 0.2) is 0 Å². The van der Waals surface area contributed by atoms with Gasteiger partial charge in [-0.05, 0) is 59.1 Å². The number of thiophene rings is 1. The van der Waals surface area contributed by atoms with E-state index in [0.29, 0.717) is 5.46 Å². The second kappa shape index (κ2) is 7.82. The van der Waals surface area contributed by atoms with Gasteiger partial charge in [-0.3, -0.25) is 0 Å². The minimum atomic E-state index is -1.45. The van der Waals surface area contributed by atoms with Crippen LogP contribution in [0.15, 0.2) is 109 Å². The predicted octanol–water partition coefficient (Wildman–Crippen LogP) is 6.50. The first-order valence-electron chi connectivity index (χ1n) is 11.6. The van der Waals surface area contributed by atoms with E-state index < -0.39 is 7.12 Å². The molecule has 166 valence electrons. The van der Waals surface area contributed by atoms with Crippen molar-refractivity contribution in [2.75, 3.05) is 0 Å². The predicted molar refractivity (Wildman–Crippen MR) is 149 cm³/mol. The highest BCUT2D eigenvalue weighted by atomic mass is 32.1. The fraction of sp³-hybridized carbons (Fsp3) is 0. The Labute approximate surface area is 206 Å². The summed E-state index contributed by atoms with van der Waals surface area (Å²) < 4.78 is 4.58. The van der Waals surface area contributed by atoms with Gasteiger partial charge in [-0.2, -0.15) is 0 Å². The molecule has 2 aromatic heterocycles. The quantitative estimate of drug-likeness (QED) is 0.290. The number of para-hydroxylation sites is 2. The summed E-state index contributed by atoms with van der Waals surface area (Å²) in [5, 5.41) is 23.9. The average molecular weight is 469 g/mol. The van der Waals surface area contributed by atoms with Gasteiger partial charge in [0.25, 0.3) is 0 Å². The SMILES string of the molecule is OB(O)c1ccc2c(c1)sc1cc(-c3ccc4c(c3)c3ccccc3n4-c3ccccc3)ccc12. The Bertz CT molecular complexity index is 1890. The molecule has 0 aliphatic carbocycles. The lowest BCUT2D eigenvalue weighted by Gasteiger charge is -2.08. The third-order valence-corrected chi connectivity index (χ3v) is 7.93. The molecule has 0 spiro atoms. The summed E-state index contributed by atoms with van der Waals surface area (Å²) in [5.41, 5.74) is 6.42. The third-order valence-electron chi connectivity index (χ3n) is 6.82. The van der Waals surface area contributed by atoms with Gasteiger partial charge in [-0.15, -0.1) is 11.3 Å². The van der Waals surface area contributed by atoms with Crippen molar-refractivity contribution in [1.29, 1.82) is 0 Å². The van der Waals surface area contributed by atoms with E-state index in [2.05, 4.69) is 89.5 Å². The molecule has 2 heterocycles. The molecule has 0 saturated heterocycles. The number of hydrogen-bond acceptors (Lipinski definition) is 3. The van der Waals surface area contributed by atoms with Gasteiger partial charge in [0, 0.05) is 36.6 Å². The number of benzene rings is 5. The van der Waals surface area contributed by atoms with Gasteiger partial charge < -0.3 is 14.6 Å². The average Bonchev–Trinajstić information content (AvgIpc) is 3.43. The van der Waals surface area contributed by atoms with Crippen LogP contribution in [0.2, 0.25) is 0 Å². The number of aromatic nitrogens is 1. The lowest BCUT2D eigenvalue weighted by Crippen LogP contribution is -2.29. The molecule has 0 atom stereocenters. The molecule has 0 bridgehead atoms. The van der Waals surface area contributed by atoms with E-state index in [4.69, 9.17) is 0 Å². The van der Waals surface area contributed by atoms with Gasteiger partial charge in [-0.1, -0.05) is 66.7 Å². The second-order valence-electron chi connectivity index (χ2n) is 8.86. The Morgan fingerprint density at radius 2 is 1.20 bits per heavy atom. The zero-order valence-electron chi connectivity index (χ0n) is 18.7. The van der Waals surface area contributed by atoms with Crippen molar-refractivity contribution in [1.82, 2.24) is 4.57 Å². The molecule has 5 heteroatoms. The van der Waals surface area contributed by atoms with Crippen molar-refractivity contribution < 1.29 is 10.0 Å². The minimum absolute atomic E-state index is 0.518. The molecule has 0 aliphatic rings. The number of rotatable bonds is 3. The molecule has 0 fully saturated rings. The van der Waals surface area contributed by atoms with Crippen LogP contribution in [-0.4, -0.2) is 21.7 Å².